The van der Waals surface area contributed by atoms with Crippen molar-refractivity contribution >= 4 is 21.5 Å². The van der Waals surface area contributed by atoms with E-state index in [2.05, 4.69) is 25.0 Å². The number of benzene rings is 2. The van der Waals surface area contributed by atoms with Crippen molar-refractivity contribution in [1.82, 2.24) is 20.6 Å². The molecule has 1 saturated heterocycles. The number of aromatic amines is 1. The predicted octanol–water partition coefficient (Wildman–Crippen LogP) is 2.36. The number of aromatic nitrogens is 4. The zero-order valence-corrected chi connectivity index (χ0v) is 14.8. The molecule has 0 spiro atoms. The number of fused-ring (bicyclic) bond motifs is 3. The van der Waals surface area contributed by atoms with Crippen LogP contribution < -0.4 is 9.64 Å². The third-order valence-corrected chi connectivity index (χ3v) is 5.86. The number of tetrazole rings is 1. The van der Waals surface area contributed by atoms with E-state index in [0.717, 1.165) is 18.5 Å². The summed E-state index contributed by atoms with van der Waals surface area (Å²) in [6.07, 6.45) is 1.59. The first-order chi connectivity index (χ1) is 13.1. The minimum atomic E-state index is -3.71. The number of sulfonamides is 1. The molecule has 1 fully saturated rings. The molecule has 2 aliphatic heterocycles. The second kappa shape index (κ2) is 5.88. The average molecular weight is 382 g/mol. The van der Waals surface area contributed by atoms with Gasteiger partial charge in [0.05, 0.1) is 5.69 Å². The minimum absolute atomic E-state index is 0.176. The molecule has 2 aliphatic rings. The van der Waals surface area contributed by atoms with E-state index in [0.29, 0.717) is 35.3 Å². The van der Waals surface area contributed by atoms with Crippen LogP contribution in [0.4, 0.5) is 5.69 Å². The van der Waals surface area contributed by atoms with Gasteiger partial charge >= 0.3 is 0 Å². The van der Waals surface area contributed by atoms with Gasteiger partial charge in [-0.15, -0.1) is 9.50 Å². The smallest absolute Gasteiger partial charge is 0.286 e. The largest absolute Gasteiger partial charge is 0.457 e. The van der Waals surface area contributed by atoms with Crippen molar-refractivity contribution in [2.24, 2.45) is 4.40 Å². The molecule has 1 N–H and O–H groups in total. The van der Waals surface area contributed by atoms with E-state index in [1.165, 1.54) is 6.07 Å². The summed E-state index contributed by atoms with van der Waals surface area (Å²) in [7, 11) is -3.71. The van der Waals surface area contributed by atoms with Crippen LogP contribution in [0.1, 0.15) is 12.8 Å². The number of nitrogens with one attached hydrogen (secondary N) is 1. The number of hydrogen-bond acceptors (Lipinski definition) is 7. The van der Waals surface area contributed by atoms with E-state index < -0.39 is 10.0 Å². The van der Waals surface area contributed by atoms with Crippen LogP contribution in [-0.4, -0.2) is 41.4 Å². The molecule has 1 aromatic heterocycles. The number of amidine groups is 1. The third kappa shape index (κ3) is 2.74. The van der Waals surface area contributed by atoms with Crippen molar-refractivity contribution < 1.29 is 13.2 Å². The number of nitrogens with zero attached hydrogens (tertiary/aromatic N) is 5. The fraction of sp³-hybridized carbons (Fsp3) is 0.176. The van der Waals surface area contributed by atoms with Crippen LogP contribution in [-0.2, 0) is 10.0 Å². The van der Waals surface area contributed by atoms with Gasteiger partial charge in [0.25, 0.3) is 10.0 Å². The first kappa shape index (κ1) is 15.9. The first-order valence-corrected chi connectivity index (χ1v) is 9.82. The molecule has 9 nitrogen and oxygen atoms in total. The highest BCUT2D eigenvalue weighted by Crippen LogP contribution is 2.38. The van der Waals surface area contributed by atoms with Crippen molar-refractivity contribution in [1.29, 1.82) is 0 Å². The molecule has 0 atom stereocenters. The summed E-state index contributed by atoms with van der Waals surface area (Å²) >= 11 is 0. The zero-order valence-electron chi connectivity index (χ0n) is 14.0. The molecular formula is C17H14N6O3S. The fourth-order valence-electron chi connectivity index (χ4n) is 3.29. The molecule has 136 valence electrons. The van der Waals surface area contributed by atoms with Gasteiger partial charge in [0, 0.05) is 24.6 Å². The Hall–Kier alpha value is -3.27. The van der Waals surface area contributed by atoms with Crippen LogP contribution in [0.25, 0.3) is 11.4 Å². The molecule has 0 radical (unpaired) electrons. The fourth-order valence-corrected chi connectivity index (χ4v) is 4.56. The predicted molar refractivity (Wildman–Crippen MR) is 97.3 cm³/mol. The van der Waals surface area contributed by atoms with Gasteiger partial charge in [0.2, 0.25) is 0 Å². The molecule has 0 unspecified atom stereocenters. The highest BCUT2D eigenvalue weighted by Gasteiger charge is 2.33. The number of anilines is 1. The highest BCUT2D eigenvalue weighted by molar-refractivity contribution is 7.90. The maximum atomic E-state index is 12.5. The van der Waals surface area contributed by atoms with E-state index in [9.17, 15) is 8.42 Å². The van der Waals surface area contributed by atoms with Gasteiger partial charge in [0.15, 0.2) is 5.82 Å². The van der Waals surface area contributed by atoms with Crippen LogP contribution in [0.15, 0.2) is 51.8 Å². The monoisotopic (exact) mass is 382 g/mol. The lowest BCUT2D eigenvalue weighted by molar-refractivity contribution is 0.481. The maximum Gasteiger partial charge on any atom is 0.286 e. The van der Waals surface area contributed by atoms with Crippen molar-refractivity contribution in [3.63, 3.8) is 0 Å². The first-order valence-electron chi connectivity index (χ1n) is 8.38. The molecule has 0 aliphatic carbocycles. The lowest BCUT2D eigenvalue weighted by atomic mass is 10.2. The molecule has 27 heavy (non-hydrogen) atoms. The topological polar surface area (TPSA) is 113 Å². The van der Waals surface area contributed by atoms with Crippen LogP contribution >= 0.6 is 0 Å². The van der Waals surface area contributed by atoms with Gasteiger partial charge in [0.1, 0.15) is 22.2 Å². The third-order valence-electron chi connectivity index (χ3n) is 4.53. The molecular weight excluding hydrogens is 368 g/mol. The number of H-pyrrole nitrogens is 1. The van der Waals surface area contributed by atoms with Crippen molar-refractivity contribution in [3.05, 3.63) is 42.5 Å². The molecule has 0 amide bonds. The summed E-state index contributed by atoms with van der Waals surface area (Å²) < 4.78 is 34.8. The molecule has 0 saturated carbocycles. The van der Waals surface area contributed by atoms with Crippen LogP contribution in [0.5, 0.6) is 11.5 Å². The van der Waals surface area contributed by atoms with Gasteiger partial charge in [-0.25, -0.2) is 5.10 Å². The average Bonchev–Trinajstić information content (AvgIpc) is 3.34. The van der Waals surface area contributed by atoms with Crippen molar-refractivity contribution in [2.45, 2.75) is 17.7 Å². The summed E-state index contributed by atoms with van der Waals surface area (Å²) in [6, 6.07) is 12.2. The number of hydrogen-bond donors (Lipinski definition) is 1. The van der Waals surface area contributed by atoms with Gasteiger partial charge in [-0.1, -0.05) is 0 Å². The molecule has 10 heteroatoms. The Morgan fingerprint density at radius 3 is 2.67 bits per heavy atom. The van der Waals surface area contributed by atoms with E-state index in [1.807, 2.05) is 17.0 Å². The molecule has 0 bridgehead atoms. The highest BCUT2D eigenvalue weighted by atomic mass is 32.2. The second-order valence-electron chi connectivity index (χ2n) is 6.24. The summed E-state index contributed by atoms with van der Waals surface area (Å²) in [6.45, 7) is 0.777. The van der Waals surface area contributed by atoms with Crippen molar-refractivity contribution in [3.8, 4) is 22.9 Å². The molecule has 3 aromatic rings. The molecule has 5 rings (SSSR count). The number of ether oxygens (including phenoxy) is 1. The Labute approximate surface area is 154 Å². The van der Waals surface area contributed by atoms with E-state index in [1.54, 1.807) is 24.3 Å². The normalized spacial score (nSPS) is 17.2. The number of rotatable bonds is 3. The van der Waals surface area contributed by atoms with Crippen LogP contribution in [0, 0.1) is 0 Å². The Morgan fingerprint density at radius 2 is 1.89 bits per heavy atom. The molecule has 2 aromatic carbocycles. The Kier molecular flexibility index (Phi) is 3.47. The maximum absolute atomic E-state index is 12.5. The van der Waals surface area contributed by atoms with Gasteiger partial charge in [-0.05, 0) is 53.2 Å². The van der Waals surface area contributed by atoms with Crippen LogP contribution in [0.2, 0.25) is 0 Å². The standard InChI is InChI=1S/C17H14N6O3S/c24-27(25)15-10-13(7-8-14(15)23-9-1-2-16(23)20-27)26-12-5-3-11(4-6-12)17-18-21-22-19-17/h3-8,10H,1-2,9H2,(H,18,19,21,22). The minimum Gasteiger partial charge on any atom is -0.457 e. The second-order valence-corrected chi connectivity index (χ2v) is 7.82. The van der Waals surface area contributed by atoms with Gasteiger partial charge in [-0.3, -0.25) is 0 Å². The SMILES string of the molecule is O=S1(=O)N=C2CCCN2c2ccc(Oc3ccc(-c4nnn[nH]4)cc3)cc21. The van der Waals surface area contributed by atoms with E-state index in [4.69, 9.17) is 4.74 Å². The van der Waals surface area contributed by atoms with Gasteiger partial charge < -0.3 is 9.64 Å². The Balaban J connectivity index is 1.45. The summed E-state index contributed by atoms with van der Waals surface area (Å²) in [5.74, 6) is 2.18. The quantitative estimate of drug-likeness (QED) is 0.740. The van der Waals surface area contributed by atoms with E-state index >= 15 is 0 Å². The lowest BCUT2D eigenvalue weighted by Crippen LogP contribution is -2.30. The summed E-state index contributed by atoms with van der Waals surface area (Å²) in [4.78, 5) is 2.13. The van der Waals surface area contributed by atoms with Crippen LogP contribution in [0.3, 0.4) is 0 Å². The zero-order chi connectivity index (χ0) is 18.4. The summed E-state index contributed by atoms with van der Waals surface area (Å²) in [5, 5.41) is 13.6. The molecule has 3 heterocycles. The Morgan fingerprint density at radius 1 is 1.07 bits per heavy atom. The lowest BCUT2D eigenvalue weighted by Gasteiger charge is -2.25. The summed E-state index contributed by atoms with van der Waals surface area (Å²) in [5.41, 5.74) is 1.48. The van der Waals surface area contributed by atoms with Gasteiger partial charge in [-0.2, -0.15) is 8.42 Å². The van der Waals surface area contributed by atoms with E-state index in [-0.39, 0.29) is 4.90 Å². The Bertz CT molecular complexity index is 1140. The van der Waals surface area contributed by atoms with Crippen molar-refractivity contribution in [2.75, 3.05) is 11.4 Å².